The summed E-state index contributed by atoms with van der Waals surface area (Å²) in [5.41, 5.74) is 0.861. The Morgan fingerprint density at radius 1 is 1.19 bits per heavy atom. The van der Waals surface area contributed by atoms with Crippen molar-refractivity contribution < 1.29 is 9.90 Å². The minimum Gasteiger partial charge on any atom is -0.478 e. The average Bonchev–Trinajstić information content (AvgIpc) is 2.47. The molecular weight excluding hydrogens is 315 g/mol. The molecule has 0 fully saturated rings. The van der Waals surface area contributed by atoms with Gasteiger partial charge in [-0.3, -0.25) is 0 Å². The number of nitroso groups, excluding NO2 is 1. The zero-order valence-electron chi connectivity index (χ0n) is 10.9. The molecule has 0 aliphatic heterocycles. The van der Waals surface area contributed by atoms with Crippen molar-refractivity contribution in [2.45, 2.75) is 6.92 Å². The molecule has 0 saturated heterocycles. The molecule has 0 radical (unpaired) electrons. The number of anilines is 2. The number of benzene rings is 2. The highest BCUT2D eigenvalue weighted by Crippen LogP contribution is 2.41. The molecule has 1 N–H and O–H groups in total. The predicted molar refractivity (Wildman–Crippen MR) is 82.5 cm³/mol. The number of rotatable bonds is 4. The Morgan fingerprint density at radius 3 is 2.48 bits per heavy atom. The SMILES string of the molecule is Cc1ccc(Cl)c(N(N=O)c2ccccc2C(=O)O)c1Cl. The van der Waals surface area contributed by atoms with Crippen molar-refractivity contribution in [1.29, 1.82) is 0 Å². The van der Waals surface area contributed by atoms with Crippen LogP contribution in [0.4, 0.5) is 11.4 Å². The molecule has 2 aromatic rings. The minimum atomic E-state index is -1.18. The van der Waals surface area contributed by atoms with E-state index in [-0.39, 0.29) is 27.0 Å². The molecule has 0 aromatic heterocycles. The Hall–Kier alpha value is -2.11. The maximum Gasteiger partial charge on any atom is 0.337 e. The highest BCUT2D eigenvalue weighted by molar-refractivity contribution is 6.39. The van der Waals surface area contributed by atoms with Crippen LogP contribution in [-0.2, 0) is 0 Å². The molecule has 5 nitrogen and oxygen atoms in total. The Kier molecular flexibility index (Phi) is 4.45. The monoisotopic (exact) mass is 324 g/mol. The standard InChI is InChI=1S/C14H10Cl2N2O3/c1-8-6-7-10(15)13(12(8)16)18(17-21)11-5-3-2-4-9(11)14(19)20/h2-7H,1H3,(H,19,20). The summed E-state index contributed by atoms with van der Waals surface area (Å²) in [7, 11) is 0. The van der Waals surface area contributed by atoms with Crippen molar-refractivity contribution in [3.8, 4) is 0 Å². The van der Waals surface area contributed by atoms with E-state index in [0.29, 0.717) is 5.56 Å². The van der Waals surface area contributed by atoms with E-state index in [4.69, 9.17) is 23.2 Å². The number of nitrogens with zero attached hydrogens (tertiary/aromatic N) is 2. The third-order valence-corrected chi connectivity index (χ3v) is 3.70. The molecule has 2 aromatic carbocycles. The van der Waals surface area contributed by atoms with Crippen molar-refractivity contribution in [1.82, 2.24) is 0 Å². The lowest BCUT2D eigenvalue weighted by atomic mass is 10.1. The number of hydrogen-bond donors (Lipinski definition) is 1. The van der Waals surface area contributed by atoms with Crippen LogP contribution >= 0.6 is 23.2 Å². The summed E-state index contributed by atoms with van der Waals surface area (Å²) in [5.74, 6) is -1.18. The molecule has 0 aliphatic carbocycles. The topological polar surface area (TPSA) is 70.0 Å². The Morgan fingerprint density at radius 2 is 1.86 bits per heavy atom. The summed E-state index contributed by atoms with van der Waals surface area (Å²) in [5, 5.41) is 13.4. The molecule has 7 heteroatoms. The van der Waals surface area contributed by atoms with Gasteiger partial charge in [-0.15, -0.1) is 4.91 Å². The number of hydrogen-bond acceptors (Lipinski definition) is 3. The first-order chi connectivity index (χ1) is 9.97. The van der Waals surface area contributed by atoms with E-state index >= 15 is 0 Å². The molecule has 21 heavy (non-hydrogen) atoms. The molecule has 0 bridgehead atoms. The summed E-state index contributed by atoms with van der Waals surface area (Å²) in [6, 6.07) is 9.24. The number of para-hydroxylation sites is 1. The van der Waals surface area contributed by atoms with E-state index in [1.165, 1.54) is 12.1 Å². The Bertz CT molecular complexity index is 719. The second-order valence-electron chi connectivity index (χ2n) is 4.24. The van der Waals surface area contributed by atoms with E-state index in [1.54, 1.807) is 31.2 Å². The van der Waals surface area contributed by atoms with Gasteiger partial charge in [-0.1, -0.05) is 41.4 Å². The molecule has 0 unspecified atom stereocenters. The first-order valence-electron chi connectivity index (χ1n) is 5.87. The Balaban J connectivity index is 2.70. The van der Waals surface area contributed by atoms with E-state index in [9.17, 15) is 14.8 Å². The number of carboxylic acids is 1. The van der Waals surface area contributed by atoms with Crippen molar-refractivity contribution in [3.63, 3.8) is 0 Å². The van der Waals surface area contributed by atoms with Gasteiger partial charge in [0, 0.05) is 0 Å². The summed E-state index contributed by atoms with van der Waals surface area (Å²) < 4.78 is 0. The summed E-state index contributed by atoms with van der Waals surface area (Å²) >= 11 is 12.3. The fourth-order valence-electron chi connectivity index (χ4n) is 1.88. The van der Waals surface area contributed by atoms with Crippen molar-refractivity contribution in [2.24, 2.45) is 5.29 Å². The number of carboxylic acid groups (broad SMARTS) is 1. The molecule has 0 atom stereocenters. The van der Waals surface area contributed by atoms with Crippen LogP contribution in [0.25, 0.3) is 0 Å². The fourth-order valence-corrected chi connectivity index (χ4v) is 2.41. The second-order valence-corrected chi connectivity index (χ2v) is 5.03. The predicted octanol–water partition coefficient (Wildman–Crippen LogP) is 4.82. The van der Waals surface area contributed by atoms with Crippen LogP contribution in [0.15, 0.2) is 41.7 Å². The molecule has 0 aliphatic rings. The van der Waals surface area contributed by atoms with Gasteiger partial charge in [-0.25, -0.2) is 4.79 Å². The fraction of sp³-hybridized carbons (Fsp3) is 0.0714. The van der Waals surface area contributed by atoms with Crippen molar-refractivity contribution in [3.05, 3.63) is 62.5 Å². The van der Waals surface area contributed by atoms with Gasteiger partial charge in [0.2, 0.25) is 0 Å². The van der Waals surface area contributed by atoms with Gasteiger partial charge in [0.15, 0.2) is 0 Å². The zero-order chi connectivity index (χ0) is 15.6. The minimum absolute atomic E-state index is 0.0780. The quantitative estimate of drug-likeness (QED) is 0.646. The van der Waals surface area contributed by atoms with Gasteiger partial charge in [0.05, 0.1) is 26.6 Å². The first kappa shape index (κ1) is 15.3. The highest BCUT2D eigenvalue weighted by Gasteiger charge is 2.23. The number of carbonyl (C=O) groups is 1. The zero-order valence-corrected chi connectivity index (χ0v) is 12.4. The van der Waals surface area contributed by atoms with Crippen LogP contribution in [-0.4, -0.2) is 11.1 Å². The molecular formula is C14H10Cl2N2O3. The largest absolute Gasteiger partial charge is 0.478 e. The third kappa shape index (κ3) is 2.84. The van der Waals surface area contributed by atoms with Gasteiger partial charge in [0.25, 0.3) is 0 Å². The maximum atomic E-state index is 11.3. The average molecular weight is 325 g/mol. The summed E-state index contributed by atoms with van der Waals surface area (Å²) in [6.45, 7) is 1.74. The van der Waals surface area contributed by atoms with E-state index < -0.39 is 5.97 Å². The molecule has 2 rings (SSSR count). The second kappa shape index (κ2) is 6.11. The molecule has 0 heterocycles. The smallest absolute Gasteiger partial charge is 0.337 e. The van der Waals surface area contributed by atoms with Crippen LogP contribution in [0.3, 0.4) is 0 Å². The number of aryl methyl sites for hydroxylation is 1. The van der Waals surface area contributed by atoms with Gasteiger partial charge >= 0.3 is 5.97 Å². The van der Waals surface area contributed by atoms with Gasteiger partial charge in [-0.05, 0) is 30.7 Å². The van der Waals surface area contributed by atoms with Gasteiger partial charge in [0.1, 0.15) is 5.69 Å². The Labute approximate surface area is 130 Å². The van der Waals surface area contributed by atoms with Crippen molar-refractivity contribution >= 4 is 40.5 Å². The molecule has 108 valence electrons. The first-order valence-corrected chi connectivity index (χ1v) is 6.63. The summed E-state index contributed by atoms with van der Waals surface area (Å²) in [6.07, 6.45) is 0. The lowest BCUT2D eigenvalue weighted by Crippen LogP contribution is -2.13. The van der Waals surface area contributed by atoms with Gasteiger partial charge < -0.3 is 5.11 Å². The molecule has 0 saturated carbocycles. The van der Waals surface area contributed by atoms with Crippen LogP contribution < -0.4 is 5.01 Å². The van der Waals surface area contributed by atoms with Crippen LogP contribution in [0, 0.1) is 11.8 Å². The molecule has 0 spiro atoms. The number of aromatic carboxylic acids is 1. The van der Waals surface area contributed by atoms with Crippen LogP contribution in [0.1, 0.15) is 15.9 Å². The molecule has 0 amide bonds. The number of halogens is 2. The van der Waals surface area contributed by atoms with Crippen LogP contribution in [0.5, 0.6) is 0 Å². The van der Waals surface area contributed by atoms with E-state index in [2.05, 4.69) is 5.29 Å². The van der Waals surface area contributed by atoms with Crippen molar-refractivity contribution in [2.75, 3.05) is 5.01 Å². The van der Waals surface area contributed by atoms with E-state index in [0.717, 1.165) is 5.01 Å². The lowest BCUT2D eigenvalue weighted by Gasteiger charge is -2.20. The van der Waals surface area contributed by atoms with Gasteiger partial charge in [-0.2, -0.15) is 5.01 Å². The normalized spacial score (nSPS) is 10.2. The van der Waals surface area contributed by atoms with E-state index in [1.807, 2.05) is 0 Å². The highest BCUT2D eigenvalue weighted by atomic mass is 35.5. The maximum absolute atomic E-state index is 11.3. The third-order valence-electron chi connectivity index (χ3n) is 2.92. The summed E-state index contributed by atoms with van der Waals surface area (Å²) in [4.78, 5) is 22.5. The van der Waals surface area contributed by atoms with Crippen LogP contribution in [0.2, 0.25) is 10.0 Å². The lowest BCUT2D eigenvalue weighted by molar-refractivity contribution is 0.0697.